The first-order valence-corrected chi connectivity index (χ1v) is 8.93. The summed E-state index contributed by atoms with van der Waals surface area (Å²) in [6.07, 6.45) is 0.325. The van der Waals surface area contributed by atoms with Crippen LogP contribution in [-0.4, -0.2) is 21.0 Å². The van der Waals surface area contributed by atoms with Crippen LogP contribution in [0, 0.1) is 5.82 Å². The standard InChI is InChI=1S/C21H16FN3O4/c22-17-7-3-1-5-15(17)19-11-9-14(29-19)10-12-20(26)28-13-25-21(27)16-6-2-4-8-18(16)23-24-25/h1-9,11H,10,12-13H2. The topological polar surface area (TPSA) is 87.2 Å². The van der Waals surface area contributed by atoms with Crippen LogP contribution in [0.3, 0.4) is 0 Å². The lowest BCUT2D eigenvalue weighted by Gasteiger charge is -2.06. The zero-order valence-corrected chi connectivity index (χ0v) is 15.2. The zero-order valence-electron chi connectivity index (χ0n) is 15.2. The number of furan rings is 1. The number of fused-ring (bicyclic) bond motifs is 1. The lowest BCUT2D eigenvalue weighted by Crippen LogP contribution is -2.26. The molecule has 0 aliphatic heterocycles. The SMILES string of the molecule is O=C(CCc1ccc(-c2ccccc2F)o1)OCn1nnc2ccccc2c1=O. The molecule has 2 aromatic heterocycles. The molecule has 0 saturated carbocycles. The average Bonchev–Trinajstić information content (AvgIpc) is 3.21. The number of hydrogen-bond donors (Lipinski definition) is 0. The van der Waals surface area contributed by atoms with Gasteiger partial charge in [-0.2, -0.15) is 4.68 Å². The summed E-state index contributed by atoms with van der Waals surface area (Å²) in [6.45, 7) is -0.325. The number of nitrogens with zero attached hydrogens (tertiary/aromatic N) is 3. The molecular weight excluding hydrogens is 377 g/mol. The molecule has 0 radical (unpaired) electrons. The van der Waals surface area contributed by atoms with Crippen molar-refractivity contribution in [3.63, 3.8) is 0 Å². The Labute approximate surface area is 164 Å². The predicted octanol–water partition coefficient (Wildman–Crippen LogP) is 3.32. The van der Waals surface area contributed by atoms with Crippen LogP contribution in [0.4, 0.5) is 4.39 Å². The maximum atomic E-state index is 13.8. The number of ether oxygens (including phenoxy) is 1. The average molecular weight is 393 g/mol. The number of carbonyl (C=O) groups is 1. The van der Waals surface area contributed by atoms with Gasteiger partial charge < -0.3 is 9.15 Å². The van der Waals surface area contributed by atoms with Gasteiger partial charge in [0, 0.05) is 6.42 Å². The first-order valence-electron chi connectivity index (χ1n) is 8.93. The van der Waals surface area contributed by atoms with Gasteiger partial charge in [0.1, 0.15) is 22.9 Å². The molecule has 0 unspecified atom stereocenters. The third-order valence-corrected chi connectivity index (χ3v) is 4.35. The molecule has 0 bridgehead atoms. The van der Waals surface area contributed by atoms with Crippen LogP contribution in [0.2, 0.25) is 0 Å². The van der Waals surface area contributed by atoms with Crippen molar-refractivity contribution in [3.8, 4) is 11.3 Å². The number of aryl methyl sites for hydroxylation is 1. The Kier molecular flexibility index (Phi) is 5.15. The molecule has 0 atom stereocenters. The maximum absolute atomic E-state index is 13.8. The lowest BCUT2D eigenvalue weighted by molar-refractivity contribution is -0.148. The Balaban J connectivity index is 1.35. The Morgan fingerprint density at radius 2 is 1.86 bits per heavy atom. The molecule has 0 N–H and O–H groups in total. The van der Waals surface area contributed by atoms with Crippen LogP contribution >= 0.6 is 0 Å². The van der Waals surface area contributed by atoms with Gasteiger partial charge in [0.15, 0.2) is 6.73 Å². The van der Waals surface area contributed by atoms with E-state index in [-0.39, 0.29) is 30.9 Å². The number of rotatable bonds is 6. The van der Waals surface area contributed by atoms with Crippen LogP contribution in [0.25, 0.3) is 22.2 Å². The molecule has 7 nitrogen and oxygen atoms in total. The summed E-state index contributed by atoms with van der Waals surface area (Å²) < 4.78 is 25.5. The summed E-state index contributed by atoms with van der Waals surface area (Å²) in [5, 5.41) is 8.09. The summed E-state index contributed by atoms with van der Waals surface area (Å²) >= 11 is 0. The molecule has 0 fully saturated rings. The van der Waals surface area contributed by atoms with E-state index in [4.69, 9.17) is 9.15 Å². The van der Waals surface area contributed by atoms with Gasteiger partial charge >= 0.3 is 5.97 Å². The van der Waals surface area contributed by atoms with E-state index >= 15 is 0 Å². The zero-order chi connectivity index (χ0) is 20.2. The second kappa shape index (κ2) is 8.05. The van der Waals surface area contributed by atoms with Gasteiger partial charge in [-0.1, -0.05) is 29.5 Å². The maximum Gasteiger partial charge on any atom is 0.308 e. The highest BCUT2D eigenvalue weighted by atomic mass is 19.1. The van der Waals surface area contributed by atoms with Crippen molar-refractivity contribution >= 4 is 16.9 Å². The molecule has 29 heavy (non-hydrogen) atoms. The van der Waals surface area contributed by atoms with Crippen LogP contribution in [0.1, 0.15) is 12.2 Å². The second-order valence-electron chi connectivity index (χ2n) is 6.30. The minimum absolute atomic E-state index is 0.0417. The number of carbonyl (C=O) groups excluding carboxylic acids is 1. The number of benzene rings is 2. The van der Waals surface area contributed by atoms with Gasteiger partial charge in [-0.05, 0) is 36.4 Å². The van der Waals surface area contributed by atoms with Gasteiger partial charge in [0.25, 0.3) is 5.56 Å². The van der Waals surface area contributed by atoms with Gasteiger partial charge in [0.2, 0.25) is 0 Å². The number of hydrogen-bond acceptors (Lipinski definition) is 6. The van der Waals surface area contributed by atoms with Crippen molar-refractivity contribution in [2.45, 2.75) is 19.6 Å². The molecule has 0 amide bonds. The fraction of sp³-hybridized carbons (Fsp3) is 0.143. The van der Waals surface area contributed by atoms with E-state index in [1.54, 1.807) is 54.6 Å². The molecule has 0 spiro atoms. The lowest BCUT2D eigenvalue weighted by atomic mass is 10.1. The van der Waals surface area contributed by atoms with Crippen molar-refractivity contribution < 1.29 is 18.3 Å². The van der Waals surface area contributed by atoms with Crippen LogP contribution in [-0.2, 0) is 22.7 Å². The number of aromatic nitrogens is 3. The Morgan fingerprint density at radius 3 is 2.72 bits per heavy atom. The molecule has 2 aromatic carbocycles. The molecule has 0 saturated heterocycles. The van der Waals surface area contributed by atoms with Gasteiger partial charge in [-0.15, -0.1) is 5.10 Å². The van der Waals surface area contributed by atoms with E-state index in [1.165, 1.54) is 6.07 Å². The first-order chi connectivity index (χ1) is 14.1. The van der Waals surface area contributed by atoms with Crippen molar-refractivity contribution in [1.29, 1.82) is 0 Å². The highest BCUT2D eigenvalue weighted by Gasteiger charge is 2.12. The summed E-state index contributed by atoms with van der Waals surface area (Å²) in [6, 6.07) is 16.4. The molecule has 0 aliphatic rings. The monoisotopic (exact) mass is 393 g/mol. The van der Waals surface area contributed by atoms with Crippen molar-refractivity contribution in [2.24, 2.45) is 0 Å². The fourth-order valence-corrected chi connectivity index (χ4v) is 2.86. The minimum atomic E-state index is -0.518. The number of esters is 1. The normalized spacial score (nSPS) is 10.9. The summed E-state index contributed by atoms with van der Waals surface area (Å²) in [7, 11) is 0. The van der Waals surface area contributed by atoms with Crippen molar-refractivity contribution in [1.82, 2.24) is 15.0 Å². The largest absolute Gasteiger partial charge is 0.461 e. The molecule has 8 heteroatoms. The summed E-state index contributed by atoms with van der Waals surface area (Å²) in [5.74, 6) is 0.0257. The smallest absolute Gasteiger partial charge is 0.308 e. The molecule has 4 aromatic rings. The third kappa shape index (κ3) is 4.06. The van der Waals surface area contributed by atoms with Crippen LogP contribution in [0.15, 0.2) is 69.9 Å². The molecule has 146 valence electrons. The van der Waals surface area contributed by atoms with Crippen molar-refractivity contribution in [3.05, 3.63) is 82.6 Å². The second-order valence-corrected chi connectivity index (χ2v) is 6.30. The van der Waals surface area contributed by atoms with Gasteiger partial charge in [0.05, 0.1) is 17.4 Å². The van der Waals surface area contributed by atoms with E-state index in [2.05, 4.69) is 10.3 Å². The van der Waals surface area contributed by atoms with E-state index < -0.39 is 5.97 Å². The molecule has 0 aliphatic carbocycles. The van der Waals surface area contributed by atoms with E-state index in [9.17, 15) is 14.0 Å². The number of halogens is 1. The summed E-state index contributed by atoms with van der Waals surface area (Å²) in [5.41, 5.74) is 0.447. The molecule has 2 heterocycles. The molecular formula is C21H16FN3O4. The van der Waals surface area contributed by atoms with E-state index in [0.717, 1.165) is 4.68 Å². The quantitative estimate of drug-likeness (QED) is 0.467. The fourth-order valence-electron chi connectivity index (χ4n) is 2.86. The minimum Gasteiger partial charge on any atom is -0.461 e. The van der Waals surface area contributed by atoms with E-state index in [0.29, 0.717) is 28.0 Å². The Bertz CT molecular complexity index is 1230. The molecule has 4 rings (SSSR count). The van der Waals surface area contributed by atoms with E-state index in [1.807, 2.05) is 0 Å². The summed E-state index contributed by atoms with van der Waals surface area (Å²) in [4.78, 5) is 24.3. The third-order valence-electron chi connectivity index (χ3n) is 4.35. The van der Waals surface area contributed by atoms with Crippen LogP contribution in [0.5, 0.6) is 0 Å². The highest BCUT2D eigenvalue weighted by molar-refractivity contribution is 5.76. The highest BCUT2D eigenvalue weighted by Crippen LogP contribution is 2.25. The van der Waals surface area contributed by atoms with Gasteiger partial charge in [-0.3, -0.25) is 9.59 Å². The van der Waals surface area contributed by atoms with Crippen molar-refractivity contribution in [2.75, 3.05) is 0 Å². The van der Waals surface area contributed by atoms with Crippen LogP contribution < -0.4 is 5.56 Å². The predicted molar refractivity (Wildman–Crippen MR) is 102 cm³/mol. The Hall–Kier alpha value is -3.81. The van der Waals surface area contributed by atoms with Gasteiger partial charge in [-0.25, -0.2) is 4.39 Å². The Morgan fingerprint density at radius 1 is 1.07 bits per heavy atom. The first kappa shape index (κ1) is 18.5.